The Morgan fingerprint density at radius 1 is 1.33 bits per heavy atom. The lowest BCUT2D eigenvalue weighted by molar-refractivity contribution is 0.499. The molecule has 0 aromatic rings. The fraction of sp³-hybridized carbons (Fsp3) is 0.750. The first-order valence-electron chi connectivity index (χ1n) is 3.64. The van der Waals surface area contributed by atoms with Gasteiger partial charge in [-0.2, -0.15) is 0 Å². The maximum absolute atomic E-state index is 5.77. The van der Waals surface area contributed by atoms with Crippen LogP contribution in [0.2, 0.25) is 0 Å². The highest BCUT2D eigenvalue weighted by Crippen LogP contribution is 2.43. The van der Waals surface area contributed by atoms with Gasteiger partial charge in [-0.25, -0.2) is 0 Å². The second-order valence-corrected chi connectivity index (χ2v) is 3.50. The van der Waals surface area contributed by atoms with Crippen LogP contribution in [0.3, 0.4) is 0 Å². The van der Waals surface area contributed by atoms with E-state index in [-0.39, 0.29) is 0 Å². The van der Waals surface area contributed by atoms with Crippen LogP contribution >= 0.6 is 11.6 Å². The van der Waals surface area contributed by atoms with Crippen molar-refractivity contribution >= 4 is 11.6 Å². The lowest BCUT2D eigenvalue weighted by Gasteiger charge is -2.13. The Labute approximate surface area is 60.9 Å². The van der Waals surface area contributed by atoms with E-state index in [1.165, 1.54) is 12.8 Å². The number of fused-ring (bicyclic) bond motifs is 2. The van der Waals surface area contributed by atoms with Crippen molar-refractivity contribution in [2.24, 2.45) is 17.8 Å². The third kappa shape index (κ3) is 0.806. The summed E-state index contributed by atoms with van der Waals surface area (Å²) in [4.78, 5) is 0. The van der Waals surface area contributed by atoms with Gasteiger partial charge in [-0.05, 0) is 30.6 Å². The fourth-order valence-corrected chi connectivity index (χ4v) is 2.43. The molecule has 2 aliphatic rings. The maximum Gasteiger partial charge on any atom is 0.0257 e. The van der Waals surface area contributed by atoms with E-state index >= 15 is 0 Å². The van der Waals surface area contributed by atoms with Crippen molar-refractivity contribution in [3.8, 4) is 0 Å². The molecule has 0 nitrogen and oxygen atoms in total. The van der Waals surface area contributed by atoms with Crippen LogP contribution in [-0.4, -0.2) is 5.88 Å². The normalized spacial score (nSPS) is 46.6. The Bertz CT molecular complexity index is 140. The predicted octanol–water partition coefficient (Wildman–Crippen LogP) is 2.44. The van der Waals surface area contributed by atoms with Crippen LogP contribution in [0, 0.1) is 17.8 Å². The van der Waals surface area contributed by atoms with Gasteiger partial charge in [-0.15, -0.1) is 11.6 Å². The van der Waals surface area contributed by atoms with Gasteiger partial charge in [0.2, 0.25) is 0 Å². The molecule has 0 aromatic carbocycles. The molecule has 0 amide bonds. The number of alkyl halides is 1. The third-order valence-electron chi connectivity index (χ3n) is 2.61. The Morgan fingerprint density at radius 3 is 2.56 bits per heavy atom. The molecule has 2 aliphatic carbocycles. The summed E-state index contributed by atoms with van der Waals surface area (Å²) in [7, 11) is 0. The lowest BCUT2D eigenvalue weighted by Crippen LogP contribution is -2.07. The fourth-order valence-electron chi connectivity index (χ4n) is 2.07. The third-order valence-corrected chi connectivity index (χ3v) is 3.01. The first-order chi connectivity index (χ1) is 4.40. The van der Waals surface area contributed by atoms with E-state index in [4.69, 9.17) is 11.6 Å². The van der Waals surface area contributed by atoms with Crippen LogP contribution in [0.15, 0.2) is 12.2 Å². The number of halogens is 1. The summed E-state index contributed by atoms with van der Waals surface area (Å²) >= 11 is 5.77. The van der Waals surface area contributed by atoms with E-state index in [1.807, 2.05) is 0 Å². The van der Waals surface area contributed by atoms with Gasteiger partial charge < -0.3 is 0 Å². The van der Waals surface area contributed by atoms with Crippen molar-refractivity contribution in [3.05, 3.63) is 12.2 Å². The molecule has 2 rings (SSSR count). The maximum atomic E-state index is 5.77. The number of hydrogen-bond donors (Lipinski definition) is 0. The van der Waals surface area contributed by atoms with Crippen LogP contribution in [0.4, 0.5) is 0 Å². The summed E-state index contributed by atoms with van der Waals surface area (Å²) in [6.07, 6.45) is 7.44. The van der Waals surface area contributed by atoms with Crippen molar-refractivity contribution in [2.75, 3.05) is 5.88 Å². The van der Waals surface area contributed by atoms with Crippen LogP contribution < -0.4 is 0 Å². The molecule has 0 unspecified atom stereocenters. The molecule has 3 atom stereocenters. The molecule has 9 heavy (non-hydrogen) atoms. The van der Waals surface area contributed by atoms with E-state index in [0.717, 1.165) is 23.6 Å². The average molecular weight is 143 g/mol. The van der Waals surface area contributed by atoms with Crippen LogP contribution in [0.1, 0.15) is 12.8 Å². The summed E-state index contributed by atoms with van der Waals surface area (Å²) in [6, 6.07) is 0. The van der Waals surface area contributed by atoms with Crippen LogP contribution in [-0.2, 0) is 0 Å². The summed E-state index contributed by atoms with van der Waals surface area (Å²) in [6.45, 7) is 0. The Morgan fingerprint density at radius 2 is 2.22 bits per heavy atom. The lowest BCUT2D eigenvalue weighted by atomic mass is 9.96. The monoisotopic (exact) mass is 142 g/mol. The minimum atomic E-state index is 0.807. The molecule has 2 bridgehead atoms. The molecule has 0 radical (unpaired) electrons. The minimum absolute atomic E-state index is 0.807. The molecule has 1 saturated carbocycles. The predicted molar refractivity (Wildman–Crippen MR) is 39.6 cm³/mol. The Kier molecular flexibility index (Phi) is 1.30. The Balaban J connectivity index is 2.10. The van der Waals surface area contributed by atoms with Gasteiger partial charge in [-0.1, -0.05) is 12.2 Å². The van der Waals surface area contributed by atoms with Gasteiger partial charge in [0.1, 0.15) is 0 Å². The highest BCUT2D eigenvalue weighted by molar-refractivity contribution is 6.18. The first-order valence-corrected chi connectivity index (χ1v) is 4.18. The van der Waals surface area contributed by atoms with Gasteiger partial charge >= 0.3 is 0 Å². The molecule has 1 fully saturated rings. The summed E-state index contributed by atoms with van der Waals surface area (Å²) in [5.41, 5.74) is 0. The first kappa shape index (κ1) is 5.79. The topological polar surface area (TPSA) is 0 Å². The molecule has 0 spiro atoms. The highest BCUT2D eigenvalue weighted by Gasteiger charge is 2.34. The smallest absolute Gasteiger partial charge is 0.0257 e. The van der Waals surface area contributed by atoms with E-state index in [1.54, 1.807) is 0 Å². The molecule has 0 aliphatic heterocycles. The van der Waals surface area contributed by atoms with Gasteiger partial charge in [0.05, 0.1) is 0 Å². The van der Waals surface area contributed by atoms with Gasteiger partial charge in [0.15, 0.2) is 0 Å². The second kappa shape index (κ2) is 2.02. The summed E-state index contributed by atoms with van der Waals surface area (Å²) in [5.74, 6) is 3.40. The molecule has 1 heteroatoms. The van der Waals surface area contributed by atoms with Gasteiger partial charge in [-0.3, -0.25) is 0 Å². The van der Waals surface area contributed by atoms with E-state index in [2.05, 4.69) is 12.2 Å². The second-order valence-electron chi connectivity index (χ2n) is 3.19. The van der Waals surface area contributed by atoms with E-state index in [9.17, 15) is 0 Å². The highest BCUT2D eigenvalue weighted by atomic mass is 35.5. The summed E-state index contributed by atoms with van der Waals surface area (Å²) in [5, 5.41) is 0. The molecule has 0 aromatic heterocycles. The molecule has 0 saturated heterocycles. The van der Waals surface area contributed by atoms with Crippen LogP contribution in [0.25, 0.3) is 0 Å². The SMILES string of the molecule is ClC[C@@H]1C[C@@H]2C=C[C@H]1C2. The van der Waals surface area contributed by atoms with Crippen molar-refractivity contribution in [3.63, 3.8) is 0 Å². The number of allylic oxidation sites excluding steroid dienone is 2. The van der Waals surface area contributed by atoms with Gasteiger partial charge in [0.25, 0.3) is 0 Å². The van der Waals surface area contributed by atoms with E-state index in [0.29, 0.717) is 0 Å². The zero-order valence-electron chi connectivity index (χ0n) is 5.39. The average Bonchev–Trinajstić information content (AvgIpc) is 2.45. The zero-order chi connectivity index (χ0) is 6.27. The standard InChI is InChI=1S/C8H11Cl/c9-5-8-4-6-1-2-7(8)3-6/h1-2,6-8H,3-5H2/t6-,7+,8+/m1/s1. The molecular weight excluding hydrogens is 132 g/mol. The minimum Gasteiger partial charge on any atom is -0.126 e. The number of rotatable bonds is 1. The molecule has 0 N–H and O–H groups in total. The van der Waals surface area contributed by atoms with Crippen LogP contribution in [0.5, 0.6) is 0 Å². The van der Waals surface area contributed by atoms with Crippen molar-refractivity contribution in [2.45, 2.75) is 12.8 Å². The van der Waals surface area contributed by atoms with Crippen molar-refractivity contribution in [1.82, 2.24) is 0 Å². The van der Waals surface area contributed by atoms with Crippen molar-refractivity contribution < 1.29 is 0 Å². The quantitative estimate of drug-likeness (QED) is 0.390. The Hall–Kier alpha value is 0.0300. The summed E-state index contributed by atoms with van der Waals surface area (Å²) < 4.78 is 0. The van der Waals surface area contributed by atoms with E-state index < -0.39 is 0 Å². The molecule has 50 valence electrons. The van der Waals surface area contributed by atoms with Gasteiger partial charge in [0, 0.05) is 5.88 Å². The zero-order valence-corrected chi connectivity index (χ0v) is 6.14. The molecule has 0 heterocycles. The molecular formula is C8H11Cl. The number of hydrogen-bond acceptors (Lipinski definition) is 0. The largest absolute Gasteiger partial charge is 0.126 e. The van der Waals surface area contributed by atoms with Crippen molar-refractivity contribution in [1.29, 1.82) is 0 Å².